The molecule has 0 fully saturated rings. The van der Waals surface area contributed by atoms with Gasteiger partial charge in [0.15, 0.2) is 5.82 Å². The van der Waals surface area contributed by atoms with E-state index in [1.807, 2.05) is 32.0 Å². The lowest BCUT2D eigenvalue weighted by molar-refractivity contribution is 0.262. The summed E-state index contributed by atoms with van der Waals surface area (Å²) >= 11 is 0. The van der Waals surface area contributed by atoms with Gasteiger partial charge in [-0.1, -0.05) is 22.9 Å². The smallest absolute Gasteiger partial charge is 0.324 e. The maximum absolute atomic E-state index is 11.7. The minimum absolute atomic E-state index is 0.338. The fraction of sp³-hybridized carbons (Fsp3) is 0.231. The van der Waals surface area contributed by atoms with E-state index < -0.39 is 0 Å². The van der Waals surface area contributed by atoms with Crippen LogP contribution in [0.4, 0.5) is 16.3 Å². The van der Waals surface area contributed by atoms with Crippen molar-refractivity contribution in [2.24, 2.45) is 0 Å². The lowest BCUT2D eigenvalue weighted by Gasteiger charge is -2.08. The summed E-state index contributed by atoms with van der Waals surface area (Å²) in [7, 11) is 0. The van der Waals surface area contributed by atoms with Gasteiger partial charge in [-0.15, -0.1) is 0 Å². The van der Waals surface area contributed by atoms with Crippen LogP contribution in [0.25, 0.3) is 0 Å². The molecule has 2 amide bonds. The van der Waals surface area contributed by atoms with E-state index in [9.17, 15) is 4.79 Å². The third-order valence-electron chi connectivity index (χ3n) is 2.50. The van der Waals surface area contributed by atoms with E-state index in [1.165, 1.54) is 0 Å². The Labute approximate surface area is 105 Å². The molecular formula is C13H15N3O2. The van der Waals surface area contributed by atoms with Gasteiger partial charge in [-0.3, -0.25) is 5.32 Å². The Bertz CT molecular complexity index is 575. The highest BCUT2D eigenvalue weighted by Crippen LogP contribution is 2.16. The Kier molecular flexibility index (Phi) is 3.32. The molecule has 0 radical (unpaired) electrons. The first-order valence-electron chi connectivity index (χ1n) is 5.63. The van der Waals surface area contributed by atoms with Crippen molar-refractivity contribution >= 4 is 17.5 Å². The molecule has 0 unspecified atom stereocenters. The second-order valence-electron chi connectivity index (χ2n) is 4.22. The van der Waals surface area contributed by atoms with Crippen molar-refractivity contribution in [3.63, 3.8) is 0 Å². The van der Waals surface area contributed by atoms with Crippen LogP contribution in [-0.2, 0) is 0 Å². The standard InChI is InChI=1S/C13H15N3O2/c1-8-4-5-11(9(2)6-8)14-13(17)15-12-7-10(3)18-16-12/h4-7H,1-3H3,(H2,14,15,16,17). The van der Waals surface area contributed by atoms with Crippen LogP contribution < -0.4 is 10.6 Å². The van der Waals surface area contributed by atoms with E-state index in [-0.39, 0.29) is 6.03 Å². The third kappa shape index (κ3) is 2.88. The van der Waals surface area contributed by atoms with Gasteiger partial charge in [0.1, 0.15) is 5.76 Å². The number of hydrogen-bond acceptors (Lipinski definition) is 3. The van der Waals surface area contributed by atoms with Gasteiger partial charge in [0.2, 0.25) is 0 Å². The lowest BCUT2D eigenvalue weighted by Crippen LogP contribution is -2.20. The minimum atomic E-state index is -0.338. The number of amides is 2. The molecule has 94 valence electrons. The van der Waals surface area contributed by atoms with Crippen LogP contribution in [-0.4, -0.2) is 11.2 Å². The van der Waals surface area contributed by atoms with Gasteiger partial charge in [-0.25, -0.2) is 4.79 Å². The zero-order chi connectivity index (χ0) is 13.1. The van der Waals surface area contributed by atoms with E-state index in [0.29, 0.717) is 11.6 Å². The van der Waals surface area contributed by atoms with Crippen molar-refractivity contribution in [2.75, 3.05) is 10.6 Å². The number of benzene rings is 1. The second kappa shape index (κ2) is 4.91. The molecule has 0 aliphatic carbocycles. The molecule has 1 aromatic carbocycles. The fourth-order valence-corrected chi connectivity index (χ4v) is 1.65. The molecule has 1 heterocycles. The monoisotopic (exact) mass is 245 g/mol. The molecule has 0 atom stereocenters. The van der Waals surface area contributed by atoms with Crippen molar-refractivity contribution in [1.82, 2.24) is 5.16 Å². The van der Waals surface area contributed by atoms with Gasteiger partial charge in [0.05, 0.1) is 0 Å². The van der Waals surface area contributed by atoms with E-state index in [0.717, 1.165) is 16.8 Å². The first-order valence-corrected chi connectivity index (χ1v) is 5.63. The average Bonchev–Trinajstić information content (AvgIpc) is 2.68. The maximum Gasteiger partial charge on any atom is 0.324 e. The van der Waals surface area contributed by atoms with E-state index >= 15 is 0 Å². The molecule has 0 aliphatic rings. The average molecular weight is 245 g/mol. The first-order chi connectivity index (χ1) is 8.54. The summed E-state index contributed by atoms with van der Waals surface area (Å²) in [6, 6.07) is 7.15. The number of carbonyl (C=O) groups excluding carboxylic acids is 1. The number of nitrogens with one attached hydrogen (secondary N) is 2. The number of hydrogen-bond donors (Lipinski definition) is 2. The molecule has 2 aromatic rings. The Morgan fingerprint density at radius 2 is 1.94 bits per heavy atom. The molecular weight excluding hydrogens is 230 g/mol. The molecule has 1 aromatic heterocycles. The van der Waals surface area contributed by atoms with Crippen molar-refractivity contribution in [3.05, 3.63) is 41.2 Å². The zero-order valence-corrected chi connectivity index (χ0v) is 10.6. The summed E-state index contributed by atoms with van der Waals surface area (Å²) < 4.78 is 4.86. The molecule has 5 heteroatoms. The molecule has 2 N–H and O–H groups in total. The predicted molar refractivity (Wildman–Crippen MR) is 69.8 cm³/mol. The largest absolute Gasteiger partial charge is 0.360 e. The fourth-order valence-electron chi connectivity index (χ4n) is 1.65. The van der Waals surface area contributed by atoms with Crippen LogP contribution in [0.3, 0.4) is 0 Å². The summed E-state index contributed by atoms with van der Waals surface area (Å²) in [4.78, 5) is 11.7. The number of rotatable bonds is 2. The molecule has 2 rings (SSSR count). The van der Waals surface area contributed by atoms with Crippen LogP contribution in [0, 0.1) is 20.8 Å². The molecule has 18 heavy (non-hydrogen) atoms. The normalized spacial score (nSPS) is 10.2. The quantitative estimate of drug-likeness (QED) is 0.853. The molecule has 0 saturated carbocycles. The van der Waals surface area contributed by atoms with Crippen molar-refractivity contribution in [3.8, 4) is 0 Å². The van der Waals surface area contributed by atoms with E-state index in [1.54, 1.807) is 13.0 Å². The molecule has 0 bridgehead atoms. The summed E-state index contributed by atoms with van der Waals surface area (Å²) in [6.45, 7) is 5.72. The highest BCUT2D eigenvalue weighted by Gasteiger charge is 2.07. The third-order valence-corrected chi connectivity index (χ3v) is 2.50. The van der Waals surface area contributed by atoms with E-state index in [2.05, 4.69) is 15.8 Å². The van der Waals surface area contributed by atoms with Gasteiger partial charge < -0.3 is 9.84 Å². The molecule has 0 saturated heterocycles. The second-order valence-corrected chi connectivity index (χ2v) is 4.22. The molecule has 0 aliphatic heterocycles. The van der Waals surface area contributed by atoms with E-state index in [4.69, 9.17) is 4.52 Å². The molecule has 5 nitrogen and oxygen atoms in total. The Morgan fingerprint density at radius 1 is 1.17 bits per heavy atom. The van der Waals surface area contributed by atoms with Gasteiger partial charge in [-0.2, -0.15) is 0 Å². The summed E-state index contributed by atoms with van der Waals surface area (Å²) in [6.07, 6.45) is 0. The van der Waals surface area contributed by atoms with Crippen molar-refractivity contribution < 1.29 is 9.32 Å². The van der Waals surface area contributed by atoms with Gasteiger partial charge in [-0.05, 0) is 32.4 Å². The van der Waals surface area contributed by atoms with Crippen LogP contribution in [0.15, 0.2) is 28.8 Å². The van der Waals surface area contributed by atoms with Crippen molar-refractivity contribution in [1.29, 1.82) is 0 Å². The topological polar surface area (TPSA) is 67.2 Å². The Hall–Kier alpha value is -2.30. The Morgan fingerprint density at radius 3 is 2.56 bits per heavy atom. The first kappa shape index (κ1) is 12.2. The van der Waals surface area contributed by atoms with Crippen molar-refractivity contribution in [2.45, 2.75) is 20.8 Å². The number of anilines is 2. The lowest BCUT2D eigenvalue weighted by atomic mass is 10.1. The number of aromatic nitrogens is 1. The SMILES string of the molecule is Cc1ccc(NC(=O)Nc2cc(C)on2)c(C)c1. The van der Waals surface area contributed by atoms with Crippen LogP contribution in [0.2, 0.25) is 0 Å². The summed E-state index contributed by atoms with van der Waals surface area (Å²) in [5, 5.41) is 9.05. The zero-order valence-electron chi connectivity index (χ0n) is 10.6. The maximum atomic E-state index is 11.7. The number of nitrogens with zero attached hydrogens (tertiary/aromatic N) is 1. The predicted octanol–water partition coefficient (Wildman–Crippen LogP) is 3.24. The highest BCUT2D eigenvalue weighted by molar-refractivity contribution is 5.99. The Balaban J connectivity index is 2.03. The van der Waals surface area contributed by atoms with Crippen LogP contribution >= 0.6 is 0 Å². The minimum Gasteiger partial charge on any atom is -0.360 e. The van der Waals surface area contributed by atoms with Gasteiger partial charge in [0, 0.05) is 11.8 Å². The van der Waals surface area contributed by atoms with Gasteiger partial charge in [0.25, 0.3) is 0 Å². The number of aryl methyl sites for hydroxylation is 3. The van der Waals surface area contributed by atoms with Crippen LogP contribution in [0.1, 0.15) is 16.9 Å². The molecule has 0 spiro atoms. The number of carbonyl (C=O) groups is 1. The van der Waals surface area contributed by atoms with Crippen LogP contribution in [0.5, 0.6) is 0 Å². The summed E-state index contributed by atoms with van der Waals surface area (Å²) in [5.41, 5.74) is 2.95. The van der Waals surface area contributed by atoms with Gasteiger partial charge >= 0.3 is 6.03 Å². The summed E-state index contributed by atoms with van der Waals surface area (Å²) in [5.74, 6) is 1.05. The number of urea groups is 1. The highest BCUT2D eigenvalue weighted by atomic mass is 16.5.